The molecule has 0 amide bonds. The molecule has 6 heteroatoms. The highest BCUT2D eigenvalue weighted by atomic mass is 32.1. The van der Waals surface area contributed by atoms with Gasteiger partial charge in [-0.25, -0.2) is 9.97 Å². The van der Waals surface area contributed by atoms with Crippen molar-refractivity contribution in [2.75, 3.05) is 25.6 Å². The Bertz CT molecular complexity index is 635. The van der Waals surface area contributed by atoms with E-state index in [0.717, 1.165) is 47.9 Å². The second kappa shape index (κ2) is 6.25. The fourth-order valence-corrected chi connectivity index (χ4v) is 3.62. The van der Waals surface area contributed by atoms with Crippen molar-refractivity contribution in [1.82, 2.24) is 9.97 Å². The van der Waals surface area contributed by atoms with Crippen LogP contribution in [-0.2, 0) is 16.1 Å². The van der Waals surface area contributed by atoms with Gasteiger partial charge in [-0.2, -0.15) is 0 Å². The topological polar surface area (TPSA) is 56.3 Å². The highest BCUT2D eigenvalue weighted by Crippen LogP contribution is 2.33. The van der Waals surface area contributed by atoms with Gasteiger partial charge in [0.15, 0.2) is 5.82 Å². The summed E-state index contributed by atoms with van der Waals surface area (Å²) < 4.78 is 11.3. The summed E-state index contributed by atoms with van der Waals surface area (Å²) in [4.78, 5) is 11.6. The average Bonchev–Trinajstić information content (AvgIpc) is 2.80. The van der Waals surface area contributed by atoms with E-state index >= 15 is 0 Å². The Labute approximate surface area is 128 Å². The molecule has 3 heterocycles. The third-order valence-electron chi connectivity index (χ3n) is 3.93. The van der Waals surface area contributed by atoms with Gasteiger partial charge in [0.25, 0.3) is 0 Å². The van der Waals surface area contributed by atoms with Crippen LogP contribution in [0.25, 0.3) is 10.2 Å². The second-order valence-electron chi connectivity index (χ2n) is 5.32. The molecule has 5 nitrogen and oxygen atoms in total. The van der Waals surface area contributed by atoms with Crippen LogP contribution in [0, 0.1) is 13.8 Å². The maximum atomic E-state index is 5.93. The van der Waals surface area contributed by atoms with E-state index in [9.17, 15) is 0 Å². The first-order valence-corrected chi connectivity index (χ1v) is 8.14. The van der Waals surface area contributed by atoms with Crippen LogP contribution in [0.3, 0.4) is 0 Å². The van der Waals surface area contributed by atoms with Crippen molar-refractivity contribution in [3.05, 3.63) is 16.3 Å². The van der Waals surface area contributed by atoms with Crippen molar-refractivity contribution < 1.29 is 9.47 Å². The second-order valence-corrected chi connectivity index (χ2v) is 6.53. The molecule has 0 saturated carbocycles. The molecule has 0 unspecified atom stereocenters. The van der Waals surface area contributed by atoms with Gasteiger partial charge in [-0.15, -0.1) is 11.3 Å². The van der Waals surface area contributed by atoms with Crippen molar-refractivity contribution >= 4 is 27.4 Å². The maximum Gasteiger partial charge on any atom is 0.158 e. The first kappa shape index (κ1) is 14.7. The predicted octanol–water partition coefficient (Wildman–Crippen LogP) is 3.05. The summed E-state index contributed by atoms with van der Waals surface area (Å²) >= 11 is 1.72. The summed E-state index contributed by atoms with van der Waals surface area (Å²) in [6, 6.07) is 0. The van der Waals surface area contributed by atoms with Gasteiger partial charge in [0.2, 0.25) is 0 Å². The van der Waals surface area contributed by atoms with E-state index in [1.807, 2.05) is 7.05 Å². The van der Waals surface area contributed by atoms with Gasteiger partial charge in [-0.05, 0) is 32.3 Å². The molecule has 2 aromatic rings. The number of aromatic nitrogens is 2. The fourth-order valence-electron chi connectivity index (χ4n) is 2.57. The smallest absolute Gasteiger partial charge is 0.158 e. The monoisotopic (exact) mass is 307 g/mol. The van der Waals surface area contributed by atoms with Crippen molar-refractivity contribution in [2.24, 2.45) is 0 Å². The van der Waals surface area contributed by atoms with E-state index in [2.05, 4.69) is 29.1 Å². The molecule has 1 aliphatic heterocycles. The Kier molecular flexibility index (Phi) is 4.37. The molecule has 0 atom stereocenters. The van der Waals surface area contributed by atoms with Crippen molar-refractivity contribution in [3.63, 3.8) is 0 Å². The van der Waals surface area contributed by atoms with Crippen LogP contribution >= 0.6 is 11.3 Å². The van der Waals surface area contributed by atoms with Gasteiger partial charge in [-0.3, -0.25) is 0 Å². The van der Waals surface area contributed by atoms with E-state index in [4.69, 9.17) is 9.47 Å². The van der Waals surface area contributed by atoms with Crippen molar-refractivity contribution in [1.29, 1.82) is 0 Å². The lowest BCUT2D eigenvalue weighted by Crippen LogP contribution is -2.23. The third-order valence-corrected chi connectivity index (χ3v) is 5.03. The number of ether oxygens (including phenoxy) is 2. The molecule has 0 radical (unpaired) electrons. The molecule has 2 aromatic heterocycles. The van der Waals surface area contributed by atoms with Crippen LogP contribution in [0.15, 0.2) is 0 Å². The highest BCUT2D eigenvalue weighted by Gasteiger charge is 2.17. The van der Waals surface area contributed by atoms with Crippen LogP contribution in [0.1, 0.15) is 29.1 Å². The number of nitrogens with zero attached hydrogens (tertiary/aromatic N) is 2. The Balaban J connectivity index is 1.82. The molecular formula is C15H21N3O2S. The standard InChI is InChI=1S/C15H21N3O2S/c1-9-10(2)21-15-13(9)14(16-3)17-12(18-15)8-20-11-4-6-19-7-5-11/h11H,4-8H2,1-3H3,(H,16,17,18). The zero-order valence-electron chi connectivity index (χ0n) is 12.7. The molecule has 0 spiro atoms. The molecule has 0 aromatic carbocycles. The zero-order chi connectivity index (χ0) is 14.8. The summed E-state index contributed by atoms with van der Waals surface area (Å²) in [6.45, 7) is 6.28. The zero-order valence-corrected chi connectivity index (χ0v) is 13.5. The van der Waals surface area contributed by atoms with Crippen LogP contribution < -0.4 is 5.32 Å². The molecule has 0 bridgehead atoms. The Morgan fingerprint density at radius 1 is 1.29 bits per heavy atom. The number of anilines is 1. The number of aryl methyl sites for hydroxylation is 2. The van der Waals surface area contributed by atoms with Crippen LogP contribution in [0.2, 0.25) is 0 Å². The minimum absolute atomic E-state index is 0.267. The molecule has 21 heavy (non-hydrogen) atoms. The average molecular weight is 307 g/mol. The molecule has 1 saturated heterocycles. The number of fused-ring (bicyclic) bond motifs is 1. The van der Waals surface area contributed by atoms with Crippen LogP contribution in [0.4, 0.5) is 5.82 Å². The number of hydrogen-bond acceptors (Lipinski definition) is 6. The SMILES string of the molecule is CNc1nc(COC2CCOCC2)nc2sc(C)c(C)c12. The molecule has 114 valence electrons. The molecule has 0 aliphatic carbocycles. The number of nitrogens with one attached hydrogen (secondary N) is 1. The first-order valence-electron chi connectivity index (χ1n) is 7.32. The maximum absolute atomic E-state index is 5.93. The molecule has 1 aliphatic rings. The Hall–Kier alpha value is -1.24. The first-order chi connectivity index (χ1) is 10.2. The highest BCUT2D eigenvalue weighted by molar-refractivity contribution is 7.18. The molecular weight excluding hydrogens is 286 g/mol. The summed E-state index contributed by atoms with van der Waals surface area (Å²) in [7, 11) is 1.90. The minimum atomic E-state index is 0.267. The van der Waals surface area contributed by atoms with Crippen molar-refractivity contribution in [2.45, 2.75) is 39.4 Å². The van der Waals surface area contributed by atoms with E-state index in [0.29, 0.717) is 6.61 Å². The van der Waals surface area contributed by atoms with Gasteiger partial charge in [0, 0.05) is 25.1 Å². The number of thiophene rings is 1. The molecule has 1 N–H and O–H groups in total. The molecule has 1 fully saturated rings. The third kappa shape index (κ3) is 3.02. The largest absolute Gasteiger partial charge is 0.381 e. The van der Waals surface area contributed by atoms with Gasteiger partial charge in [0.05, 0.1) is 11.5 Å². The Morgan fingerprint density at radius 2 is 2.05 bits per heavy atom. The van der Waals surface area contributed by atoms with Gasteiger partial charge < -0.3 is 14.8 Å². The van der Waals surface area contributed by atoms with Crippen molar-refractivity contribution in [3.8, 4) is 0 Å². The predicted molar refractivity (Wildman–Crippen MR) is 85.1 cm³/mol. The molecule has 3 rings (SSSR count). The minimum Gasteiger partial charge on any atom is -0.381 e. The lowest BCUT2D eigenvalue weighted by atomic mass is 10.1. The quantitative estimate of drug-likeness (QED) is 0.941. The van der Waals surface area contributed by atoms with E-state index in [1.54, 1.807) is 11.3 Å². The van der Waals surface area contributed by atoms with E-state index in [1.165, 1.54) is 10.4 Å². The van der Waals surface area contributed by atoms with Crippen LogP contribution in [0.5, 0.6) is 0 Å². The van der Waals surface area contributed by atoms with Gasteiger partial charge in [0.1, 0.15) is 17.3 Å². The van der Waals surface area contributed by atoms with Gasteiger partial charge >= 0.3 is 0 Å². The van der Waals surface area contributed by atoms with Gasteiger partial charge in [-0.1, -0.05) is 0 Å². The summed E-state index contributed by atoms with van der Waals surface area (Å²) in [5.41, 5.74) is 1.26. The fraction of sp³-hybridized carbons (Fsp3) is 0.600. The number of rotatable bonds is 4. The number of hydrogen-bond donors (Lipinski definition) is 1. The van der Waals surface area contributed by atoms with E-state index in [-0.39, 0.29) is 6.10 Å². The van der Waals surface area contributed by atoms with Crippen LogP contribution in [-0.4, -0.2) is 36.3 Å². The summed E-state index contributed by atoms with van der Waals surface area (Å²) in [6.07, 6.45) is 2.18. The van der Waals surface area contributed by atoms with E-state index < -0.39 is 0 Å². The summed E-state index contributed by atoms with van der Waals surface area (Å²) in [5, 5.41) is 4.32. The lowest BCUT2D eigenvalue weighted by molar-refractivity contribution is -0.0408. The summed E-state index contributed by atoms with van der Waals surface area (Å²) in [5.74, 6) is 1.65. The lowest BCUT2D eigenvalue weighted by Gasteiger charge is -2.22. The Morgan fingerprint density at radius 3 is 2.76 bits per heavy atom. The normalized spacial score (nSPS) is 16.5.